The second-order valence-electron chi connectivity index (χ2n) is 5.73. The van der Waals surface area contributed by atoms with Crippen LogP contribution in [0.3, 0.4) is 0 Å². The van der Waals surface area contributed by atoms with E-state index in [1.807, 2.05) is 0 Å². The van der Waals surface area contributed by atoms with Crippen LogP contribution < -0.4 is 0 Å². The summed E-state index contributed by atoms with van der Waals surface area (Å²) in [6, 6.07) is 0.699. The first kappa shape index (κ1) is 9.47. The summed E-state index contributed by atoms with van der Waals surface area (Å²) >= 11 is 0. The number of hydrogen-bond acceptors (Lipinski definition) is 2. The zero-order valence-corrected chi connectivity index (χ0v) is 9.59. The normalized spacial score (nSPS) is 46.6. The molecule has 0 spiro atoms. The first-order valence-electron chi connectivity index (χ1n) is 5.34. The summed E-state index contributed by atoms with van der Waals surface area (Å²) < 4.78 is 0. The summed E-state index contributed by atoms with van der Waals surface area (Å²) in [5.74, 6) is 0. The Morgan fingerprint density at radius 3 is 2.15 bits per heavy atom. The van der Waals surface area contributed by atoms with Crippen molar-refractivity contribution < 1.29 is 0 Å². The summed E-state index contributed by atoms with van der Waals surface area (Å²) in [5.41, 5.74) is 0.988. The molecule has 0 N–H and O–H groups in total. The Morgan fingerprint density at radius 2 is 1.69 bits per heavy atom. The molecule has 2 saturated heterocycles. The molecule has 2 aliphatic heterocycles. The molecule has 2 fully saturated rings. The second kappa shape index (κ2) is 2.48. The Balaban J connectivity index is 2.20. The maximum Gasteiger partial charge on any atom is 0.0389 e. The minimum Gasteiger partial charge on any atom is -0.304 e. The van der Waals surface area contributed by atoms with E-state index < -0.39 is 0 Å². The van der Waals surface area contributed by atoms with Crippen LogP contribution >= 0.6 is 0 Å². The van der Waals surface area contributed by atoms with E-state index >= 15 is 0 Å². The molecular weight excluding hydrogens is 160 g/mol. The molecule has 0 aromatic rings. The average molecular weight is 182 g/mol. The molecule has 2 heterocycles. The highest BCUT2D eigenvalue weighted by atomic mass is 15.4. The van der Waals surface area contributed by atoms with E-state index in [0.717, 1.165) is 0 Å². The van der Waals surface area contributed by atoms with E-state index in [9.17, 15) is 0 Å². The largest absolute Gasteiger partial charge is 0.304 e. The third-order valence-electron chi connectivity index (χ3n) is 4.27. The van der Waals surface area contributed by atoms with E-state index in [1.165, 1.54) is 19.6 Å². The van der Waals surface area contributed by atoms with Crippen LogP contribution in [0.2, 0.25) is 0 Å². The van der Waals surface area contributed by atoms with Crippen LogP contribution in [0.15, 0.2) is 0 Å². The Hall–Kier alpha value is -0.0800. The molecule has 0 unspecified atom stereocenters. The van der Waals surface area contributed by atoms with Crippen molar-refractivity contribution in [2.45, 2.75) is 39.3 Å². The number of hydrogen-bond donors (Lipinski definition) is 0. The molecule has 13 heavy (non-hydrogen) atoms. The molecule has 0 amide bonds. The second-order valence-corrected chi connectivity index (χ2v) is 5.73. The van der Waals surface area contributed by atoms with Crippen LogP contribution in [-0.4, -0.2) is 48.1 Å². The zero-order valence-electron chi connectivity index (χ0n) is 9.59. The number of nitrogens with zero attached hydrogens (tertiary/aromatic N) is 2. The Kier molecular flexibility index (Phi) is 1.81. The van der Waals surface area contributed by atoms with Crippen molar-refractivity contribution in [2.75, 3.05) is 26.7 Å². The SMILES string of the molecule is CC(C)N1C[C@]2(C)CN(C)C[C@]12C. The quantitative estimate of drug-likeness (QED) is 0.605. The van der Waals surface area contributed by atoms with Gasteiger partial charge in [-0.2, -0.15) is 0 Å². The van der Waals surface area contributed by atoms with Gasteiger partial charge in [-0.15, -0.1) is 0 Å². The van der Waals surface area contributed by atoms with Gasteiger partial charge in [0, 0.05) is 36.6 Å². The lowest BCUT2D eigenvalue weighted by Crippen LogP contribution is -2.73. The minimum absolute atomic E-state index is 0.440. The van der Waals surface area contributed by atoms with Crippen LogP contribution in [0.25, 0.3) is 0 Å². The van der Waals surface area contributed by atoms with E-state index in [4.69, 9.17) is 0 Å². The van der Waals surface area contributed by atoms with Gasteiger partial charge in [0.2, 0.25) is 0 Å². The molecule has 2 rings (SSSR count). The highest BCUT2D eigenvalue weighted by molar-refractivity contribution is 5.18. The molecule has 2 heteroatoms. The van der Waals surface area contributed by atoms with E-state index in [1.54, 1.807) is 0 Å². The van der Waals surface area contributed by atoms with E-state index in [2.05, 4.69) is 44.5 Å². The van der Waals surface area contributed by atoms with Gasteiger partial charge in [-0.25, -0.2) is 0 Å². The molecule has 0 aliphatic carbocycles. The van der Waals surface area contributed by atoms with Gasteiger partial charge in [-0.1, -0.05) is 6.92 Å². The summed E-state index contributed by atoms with van der Waals surface area (Å²) in [5, 5.41) is 0. The molecule has 2 aliphatic rings. The van der Waals surface area contributed by atoms with Crippen molar-refractivity contribution in [3.05, 3.63) is 0 Å². The van der Waals surface area contributed by atoms with Crippen molar-refractivity contribution in [1.29, 1.82) is 0 Å². The Morgan fingerprint density at radius 1 is 1.08 bits per heavy atom. The molecule has 0 saturated carbocycles. The molecule has 0 aromatic carbocycles. The van der Waals surface area contributed by atoms with Gasteiger partial charge in [-0.3, -0.25) is 4.90 Å². The predicted molar refractivity (Wildman–Crippen MR) is 55.9 cm³/mol. The summed E-state index contributed by atoms with van der Waals surface area (Å²) in [6.45, 7) is 13.3. The predicted octanol–water partition coefficient (Wildman–Crippen LogP) is 1.42. The average Bonchev–Trinajstić information content (AvgIpc) is 2.12. The van der Waals surface area contributed by atoms with Crippen LogP contribution in [0.1, 0.15) is 27.7 Å². The van der Waals surface area contributed by atoms with E-state index in [0.29, 0.717) is 17.0 Å². The van der Waals surface area contributed by atoms with Crippen molar-refractivity contribution in [1.82, 2.24) is 9.80 Å². The van der Waals surface area contributed by atoms with Gasteiger partial charge in [-0.05, 0) is 27.8 Å². The molecule has 0 bridgehead atoms. The van der Waals surface area contributed by atoms with Gasteiger partial charge in [0.25, 0.3) is 0 Å². The van der Waals surface area contributed by atoms with Crippen LogP contribution in [0.5, 0.6) is 0 Å². The molecule has 76 valence electrons. The van der Waals surface area contributed by atoms with Crippen LogP contribution in [-0.2, 0) is 0 Å². The molecule has 2 nitrogen and oxygen atoms in total. The highest BCUT2D eigenvalue weighted by Crippen LogP contribution is 2.52. The van der Waals surface area contributed by atoms with Gasteiger partial charge in [0.05, 0.1) is 0 Å². The van der Waals surface area contributed by atoms with Crippen LogP contribution in [0, 0.1) is 5.41 Å². The standard InChI is InChI=1S/C11H22N2/c1-9(2)13-7-10(3)6-12(5)8-11(10,13)4/h9H,6-8H2,1-5H3/t10-,11-/m0/s1. The summed E-state index contributed by atoms with van der Waals surface area (Å²) in [6.07, 6.45) is 0. The summed E-state index contributed by atoms with van der Waals surface area (Å²) in [4.78, 5) is 5.12. The first-order chi connectivity index (χ1) is 5.89. The molecule has 0 radical (unpaired) electrons. The Bertz CT molecular complexity index is 226. The maximum absolute atomic E-state index is 2.65. The fraction of sp³-hybridized carbons (Fsp3) is 1.00. The number of likely N-dealkylation sites (tertiary alicyclic amines) is 2. The van der Waals surface area contributed by atoms with Crippen molar-refractivity contribution in [3.63, 3.8) is 0 Å². The van der Waals surface area contributed by atoms with Crippen LogP contribution in [0.4, 0.5) is 0 Å². The third kappa shape index (κ3) is 1.02. The van der Waals surface area contributed by atoms with Crippen molar-refractivity contribution >= 4 is 0 Å². The fourth-order valence-electron chi connectivity index (χ4n) is 3.41. The molecular formula is C11H22N2. The molecule has 2 atom stereocenters. The monoisotopic (exact) mass is 182 g/mol. The third-order valence-corrected chi connectivity index (χ3v) is 4.27. The number of rotatable bonds is 1. The van der Waals surface area contributed by atoms with Gasteiger partial charge in [0.15, 0.2) is 0 Å². The molecule has 0 aromatic heterocycles. The van der Waals surface area contributed by atoms with Gasteiger partial charge >= 0.3 is 0 Å². The van der Waals surface area contributed by atoms with E-state index in [-0.39, 0.29) is 0 Å². The first-order valence-corrected chi connectivity index (χ1v) is 5.34. The van der Waals surface area contributed by atoms with Crippen molar-refractivity contribution in [3.8, 4) is 0 Å². The summed E-state index contributed by atoms with van der Waals surface area (Å²) in [7, 11) is 2.24. The Labute approximate surface area is 81.9 Å². The van der Waals surface area contributed by atoms with Gasteiger partial charge < -0.3 is 4.90 Å². The zero-order chi connectivity index (χ0) is 9.85. The van der Waals surface area contributed by atoms with Gasteiger partial charge in [0.1, 0.15) is 0 Å². The number of likely N-dealkylation sites (N-methyl/N-ethyl adjacent to an activating group) is 1. The lowest BCUT2D eigenvalue weighted by molar-refractivity contribution is -0.121. The lowest BCUT2D eigenvalue weighted by atomic mass is 9.65. The minimum atomic E-state index is 0.440. The lowest BCUT2D eigenvalue weighted by Gasteiger charge is -2.62. The smallest absolute Gasteiger partial charge is 0.0389 e. The topological polar surface area (TPSA) is 6.48 Å². The maximum atomic E-state index is 2.65. The number of fused-ring (bicyclic) bond motifs is 1. The van der Waals surface area contributed by atoms with Crippen molar-refractivity contribution in [2.24, 2.45) is 5.41 Å². The highest BCUT2D eigenvalue weighted by Gasteiger charge is 2.63. The fourth-order valence-corrected chi connectivity index (χ4v) is 3.41.